The van der Waals surface area contributed by atoms with Gasteiger partial charge in [-0.1, -0.05) is 0 Å². The first-order valence-corrected chi connectivity index (χ1v) is 8.04. The third-order valence-corrected chi connectivity index (χ3v) is 4.47. The van der Waals surface area contributed by atoms with E-state index in [1.54, 1.807) is 12.4 Å². The maximum atomic E-state index is 12.5. The Labute approximate surface area is 140 Å². The zero-order chi connectivity index (χ0) is 17.1. The number of carbonyl (C=O) groups is 1. The molecule has 1 amide bonds. The molecule has 1 aliphatic heterocycles. The molecule has 0 spiro atoms. The predicted octanol–water partition coefficient (Wildman–Crippen LogP) is 1.21. The van der Waals surface area contributed by atoms with Crippen molar-refractivity contribution in [1.29, 1.82) is 0 Å². The molecule has 3 rings (SSSR count). The van der Waals surface area contributed by atoms with Crippen molar-refractivity contribution in [1.82, 2.24) is 19.9 Å². The summed E-state index contributed by atoms with van der Waals surface area (Å²) in [5.41, 5.74) is 1.13. The molecule has 2 aromatic rings. The summed E-state index contributed by atoms with van der Waals surface area (Å²) in [6, 6.07) is 5.30. The number of hydrogen-bond donors (Lipinski definition) is 1. The van der Waals surface area contributed by atoms with Gasteiger partial charge in [0.1, 0.15) is 12.1 Å². The van der Waals surface area contributed by atoms with Crippen LogP contribution in [0.15, 0.2) is 35.5 Å². The fraction of sp³-hybridized carbons (Fsp3) is 0.412. The molecule has 7 heteroatoms. The van der Waals surface area contributed by atoms with Crippen molar-refractivity contribution in [3.63, 3.8) is 0 Å². The average Bonchev–Trinajstić information content (AvgIpc) is 2.60. The highest BCUT2D eigenvalue weighted by Gasteiger charge is 2.26. The summed E-state index contributed by atoms with van der Waals surface area (Å²) >= 11 is 0. The number of carbonyl (C=O) groups excluding carboxylic acids is 1. The van der Waals surface area contributed by atoms with Crippen LogP contribution in [0.3, 0.4) is 0 Å². The number of aromatic amines is 1. The van der Waals surface area contributed by atoms with E-state index in [9.17, 15) is 9.59 Å². The van der Waals surface area contributed by atoms with E-state index in [1.165, 1.54) is 12.3 Å². The van der Waals surface area contributed by atoms with Crippen LogP contribution in [-0.4, -0.2) is 51.9 Å². The number of aryl methyl sites for hydroxylation is 1. The summed E-state index contributed by atoms with van der Waals surface area (Å²) in [5, 5.41) is 0. The second kappa shape index (κ2) is 6.82. The molecule has 0 aromatic carbocycles. The second-order valence-electron chi connectivity index (χ2n) is 6.09. The molecular formula is C17H21N5O2. The smallest absolute Gasteiger partial charge is 0.254 e. The van der Waals surface area contributed by atoms with Crippen LogP contribution in [0.4, 0.5) is 5.82 Å². The molecule has 2 aromatic heterocycles. The summed E-state index contributed by atoms with van der Waals surface area (Å²) in [5.74, 6) is 0.821. The maximum absolute atomic E-state index is 12.5. The van der Waals surface area contributed by atoms with Crippen molar-refractivity contribution in [3.8, 4) is 0 Å². The van der Waals surface area contributed by atoms with E-state index < -0.39 is 0 Å². The SMILES string of the molecule is Cc1cc(N(C)C2CCN(C(=O)c3cc[nH]c(=O)c3)CC2)ncn1. The highest BCUT2D eigenvalue weighted by molar-refractivity contribution is 5.94. The van der Waals surface area contributed by atoms with Crippen molar-refractivity contribution < 1.29 is 4.79 Å². The van der Waals surface area contributed by atoms with Crippen molar-refractivity contribution in [2.45, 2.75) is 25.8 Å². The van der Waals surface area contributed by atoms with E-state index in [0.29, 0.717) is 24.7 Å². The van der Waals surface area contributed by atoms with Gasteiger partial charge < -0.3 is 14.8 Å². The van der Waals surface area contributed by atoms with E-state index in [1.807, 2.05) is 24.9 Å². The van der Waals surface area contributed by atoms with Gasteiger partial charge in [-0.2, -0.15) is 0 Å². The highest BCUT2D eigenvalue weighted by Crippen LogP contribution is 2.21. The third-order valence-electron chi connectivity index (χ3n) is 4.47. The number of anilines is 1. The van der Waals surface area contributed by atoms with E-state index in [0.717, 1.165) is 24.4 Å². The fourth-order valence-electron chi connectivity index (χ4n) is 3.04. The number of rotatable bonds is 3. The molecule has 3 heterocycles. The van der Waals surface area contributed by atoms with Crippen LogP contribution >= 0.6 is 0 Å². The van der Waals surface area contributed by atoms with Gasteiger partial charge in [-0.3, -0.25) is 9.59 Å². The van der Waals surface area contributed by atoms with E-state index >= 15 is 0 Å². The first kappa shape index (κ1) is 16.2. The van der Waals surface area contributed by atoms with Gasteiger partial charge >= 0.3 is 0 Å². The molecule has 0 unspecified atom stereocenters. The lowest BCUT2D eigenvalue weighted by Crippen LogP contribution is -2.46. The standard InChI is InChI=1S/C17H21N5O2/c1-12-9-15(20-11-19-12)21(2)14-4-7-22(8-5-14)17(24)13-3-6-18-16(23)10-13/h3,6,9-11,14H,4-5,7-8H2,1-2H3,(H,18,23). The van der Waals surface area contributed by atoms with Crippen LogP contribution in [0.5, 0.6) is 0 Å². The molecule has 0 radical (unpaired) electrons. The molecule has 1 saturated heterocycles. The largest absolute Gasteiger partial charge is 0.356 e. The van der Waals surface area contributed by atoms with Crippen LogP contribution in [-0.2, 0) is 0 Å². The number of pyridine rings is 1. The topological polar surface area (TPSA) is 82.2 Å². The minimum Gasteiger partial charge on any atom is -0.356 e. The number of hydrogen-bond acceptors (Lipinski definition) is 5. The van der Waals surface area contributed by atoms with Crippen LogP contribution in [0.2, 0.25) is 0 Å². The van der Waals surface area contributed by atoms with Gasteiger partial charge in [-0.05, 0) is 25.8 Å². The van der Waals surface area contributed by atoms with Crippen LogP contribution in [0, 0.1) is 6.92 Å². The fourth-order valence-corrected chi connectivity index (χ4v) is 3.04. The lowest BCUT2D eigenvalue weighted by Gasteiger charge is -2.37. The Bertz CT molecular complexity index is 780. The number of aromatic nitrogens is 3. The maximum Gasteiger partial charge on any atom is 0.254 e. The molecule has 0 atom stereocenters. The van der Waals surface area contributed by atoms with E-state index in [-0.39, 0.29) is 11.5 Å². The Kier molecular flexibility index (Phi) is 4.59. The van der Waals surface area contributed by atoms with Gasteiger partial charge in [0.25, 0.3) is 5.91 Å². The zero-order valence-electron chi connectivity index (χ0n) is 13.9. The van der Waals surface area contributed by atoms with Gasteiger partial charge in [0.15, 0.2) is 0 Å². The molecule has 1 N–H and O–H groups in total. The highest BCUT2D eigenvalue weighted by atomic mass is 16.2. The molecule has 24 heavy (non-hydrogen) atoms. The molecule has 1 aliphatic rings. The molecule has 126 valence electrons. The third kappa shape index (κ3) is 3.45. The average molecular weight is 327 g/mol. The summed E-state index contributed by atoms with van der Waals surface area (Å²) < 4.78 is 0. The van der Waals surface area contributed by atoms with E-state index in [4.69, 9.17) is 0 Å². The van der Waals surface area contributed by atoms with Crippen molar-refractivity contribution >= 4 is 11.7 Å². The van der Waals surface area contributed by atoms with Crippen LogP contribution in [0.1, 0.15) is 28.9 Å². The summed E-state index contributed by atoms with van der Waals surface area (Å²) in [7, 11) is 2.03. The minimum atomic E-state index is -0.255. The summed E-state index contributed by atoms with van der Waals surface area (Å²) in [6.45, 7) is 3.29. The Morgan fingerprint density at radius 1 is 1.29 bits per heavy atom. The number of likely N-dealkylation sites (tertiary alicyclic amines) is 1. The van der Waals surface area contributed by atoms with Crippen LogP contribution < -0.4 is 10.5 Å². The number of H-pyrrole nitrogens is 1. The summed E-state index contributed by atoms with van der Waals surface area (Å²) in [6.07, 6.45) is 4.82. The van der Waals surface area contributed by atoms with Gasteiger partial charge in [0.2, 0.25) is 5.56 Å². The van der Waals surface area contributed by atoms with Crippen molar-refractivity contribution in [2.75, 3.05) is 25.0 Å². The molecule has 0 saturated carbocycles. The second-order valence-corrected chi connectivity index (χ2v) is 6.09. The molecule has 0 bridgehead atoms. The Morgan fingerprint density at radius 2 is 2.04 bits per heavy atom. The lowest BCUT2D eigenvalue weighted by molar-refractivity contribution is 0.0713. The Hall–Kier alpha value is -2.70. The molecular weight excluding hydrogens is 306 g/mol. The number of piperidine rings is 1. The monoisotopic (exact) mass is 327 g/mol. The summed E-state index contributed by atoms with van der Waals surface area (Å²) in [4.78, 5) is 38.8. The Morgan fingerprint density at radius 3 is 2.71 bits per heavy atom. The zero-order valence-corrected chi connectivity index (χ0v) is 13.9. The van der Waals surface area contributed by atoms with Gasteiger partial charge in [0, 0.05) is 55.8 Å². The predicted molar refractivity (Wildman–Crippen MR) is 91.2 cm³/mol. The van der Waals surface area contributed by atoms with E-state index in [2.05, 4.69) is 19.9 Å². The van der Waals surface area contributed by atoms with Crippen molar-refractivity contribution in [2.24, 2.45) is 0 Å². The molecule has 7 nitrogen and oxygen atoms in total. The normalized spacial score (nSPS) is 15.3. The molecule has 0 aliphatic carbocycles. The van der Waals surface area contributed by atoms with Gasteiger partial charge in [-0.15, -0.1) is 0 Å². The minimum absolute atomic E-state index is 0.0833. The molecule has 1 fully saturated rings. The number of amides is 1. The quantitative estimate of drug-likeness (QED) is 0.916. The van der Waals surface area contributed by atoms with Crippen molar-refractivity contribution in [3.05, 3.63) is 52.3 Å². The van der Waals surface area contributed by atoms with Gasteiger partial charge in [0.05, 0.1) is 0 Å². The first-order chi connectivity index (χ1) is 11.5. The number of nitrogens with zero attached hydrogens (tertiary/aromatic N) is 4. The van der Waals surface area contributed by atoms with Gasteiger partial charge in [-0.25, -0.2) is 9.97 Å². The first-order valence-electron chi connectivity index (χ1n) is 8.04. The Balaban J connectivity index is 1.63. The van der Waals surface area contributed by atoms with Crippen LogP contribution in [0.25, 0.3) is 0 Å². The lowest BCUT2D eigenvalue weighted by atomic mass is 10.0. The number of nitrogens with one attached hydrogen (secondary N) is 1.